The van der Waals surface area contributed by atoms with Crippen LogP contribution in [-0.2, 0) is 10.1 Å². The number of fused-ring (bicyclic) bond motifs is 1. The van der Waals surface area contributed by atoms with E-state index in [1.54, 1.807) is 42.5 Å². The van der Waals surface area contributed by atoms with Gasteiger partial charge in [0.1, 0.15) is 27.8 Å². The van der Waals surface area contributed by atoms with Gasteiger partial charge in [0, 0.05) is 5.56 Å². The van der Waals surface area contributed by atoms with Crippen LogP contribution in [0.25, 0.3) is 22.7 Å². The molecule has 30 heavy (non-hydrogen) atoms. The number of oxazole rings is 1. The molecule has 1 heterocycles. The molecule has 6 nitrogen and oxygen atoms in total. The molecular formula is C23H16N2O4S. The van der Waals surface area contributed by atoms with Gasteiger partial charge in [-0.3, -0.25) is 0 Å². The van der Waals surface area contributed by atoms with E-state index in [1.165, 1.54) is 24.3 Å². The maximum atomic E-state index is 12.7. The predicted octanol–water partition coefficient (Wildman–Crippen LogP) is 4.97. The first-order chi connectivity index (χ1) is 14.5. The molecule has 3 aromatic carbocycles. The molecule has 4 aromatic rings. The highest BCUT2D eigenvalue weighted by molar-refractivity contribution is 7.87. The molecule has 0 aliphatic carbocycles. The van der Waals surface area contributed by atoms with Crippen molar-refractivity contribution in [3.63, 3.8) is 0 Å². The van der Waals surface area contributed by atoms with Gasteiger partial charge >= 0.3 is 10.1 Å². The second-order valence-corrected chi connectivity index (χ2v) is 8.09. The Bertz CT molecular complexity index is 1360. The van der Waals surface area contributed by atoms with Gasteiger partial charge in [0.15, 0.2) is 5.58 Å². The first kappa shape index (κ1) is 19.4. The number of hydrogen-bond acceptors (Lipinski definition) is 6. The first-order valence-electron chi connectivity index (χ1n) is 9.04. The van der Waals surface area contributed by atoms with E-state index in [0.717, 1.165) is 5.56 Å². The third-order valence-electron chi connectivity index (χ3n) is 4.37. The lowest BCUT2D eigenvalue weighted by Crippen LogP contribution is -2.10. The lowest BCUT2D eigenvalue weighted by Gasteiger charge is -2.10. The first-order valence-corrected chi connectivity index (χ1v) is 10.4. The van der Waals surface area contributed by atoms with Gasteiger partial charge in [-0.2, -0.15) is 13.7 Å². The fourth-order valence-electron chi connectivity index (χ4n) is 2.83. The van der Waals surface area contributed by atoms with Gasteiger partial charge in [0.25, 0.3) is 0 Å². The van der Waals surface area contributed by atoms with Crippen molar-refractivity contribution < 1.29 is 17.0 Å². The van der Waals surface area contributed by atoms with Crippen molar-refractivity contribution in [2.24, 2.45) is 0 Å². The van der Waals surface area contributed by atoms with Crippen LogP contribution in [0.15, 0.2) is 82.1 Å². The molecule has 4 rings (SSSR count). The van der Waals surface area contributed by atoms with E-state index in [-0.39, 0.29) is 22.1 Å². The van der Waals surface area contributed by atoms with Gasteiger partial charge in [0.2, 0.25) is 5.89 Å². The fourth-order valence-corrected chi connectivity index (χ4v) is 3.79. The van der Waals surface area contributed by atoms with E-state index in [1.807, 2.05) is 19.1 Å². The van der Waals surface area contributed by atoms with Crippen LogP contribution in [0, 0.1) is 18.3 Å². The van der Waals surface area contributed by atoms with E-state index in [4.69, 9.17) is 8.60 Å². The Morgan fingerprint density at radius 2 is 1.73 bits per heavy atom. The summed E-state index contributed by atoms with van der Waals surface area (Å²) in [4.78, 5) is 4.37. The Balaban J connectivity index is 1.72. The summed E-state index contributed by atoms with van der Waals surface area (Å²) in [5.41, 5.74) is 2.68. The smallest absolute Gasteiger partial charge is 0.339 e. The summed E-state index contributed by atoms with van der Waals surface area (Å²) in [5.74, 6) is 0.247. The molecule has 0 fully saturated rings. The van der Waals surface area contributed by atoms with Crippen LogP contribution >= 0.6 is 0 Å². The Morgan fingerprint density at radius 3 is 2.47 bits per heavy atom. The highest BCUT2D eigenvalue weighted by Crippen LogP contribution is 2.28. The second kappa shape index (κ2) is 7.85. The number of aromatic nitrogens is 1. The molecule has 148 valence electrons. The fraction of sp³-hybridized carbons (Fsp3) is 0.0435. The van der Waals surface area contributed by atoms with Crippen LogP contribution in [0.4, 0.5) is 0 Å². The van der Waals surface area contributed by atoms with E-state index in [9.17, 15) is 13.7 Å². The summed E-state index contributed by atoms with van der Waals surface area (Å²) in [6, 6.07) is 22.2. The standard InChI is InChI=1S/C23H16N2O4S/c1-16-10-12-19(13-11-16)30(26,27)29-21-8-4-2-6-17(21)14-18(15-24)23-25-20-7-3-5-9-22(20)28-23/h2-14H,1H3/b18-14+. The Labute approximate surface area is 173 Å². The van der Waals surface area contributed by atoms with E-state index < -0.39 is 10.1 Å². The molecule has 0 N–H and O–H groups in total. The summed E-state index contributed by atoms with van der Waals surface area (Å²) < 4.78 is 36.4. The second-order valence-electron chi connectivity index (χ2n) is 6.54. The third-order valence-corrected chi connectivity index (χ3v) is 5.62. The van der Waals surface area contributed by atoms with Gasteiger partial charge in [-0.05, 0) is 43.3 Å². The number of para-hydroxylation sites is 3. The zero-order valence-electron chi connectivity index (χ0n) is 15.9. The molecule has 0 aliphatic rings. The molecule has 0 bridgehead atoms. The highest BCUT2D eigenvalue weighted by Gasteiger charge is 2.19. The van der Waals surface area contributed by atoms with Gasteiger partial charge in [-0.15, -0.1) is 0 Å². The summed E-state index contributed by atoms with van der Waals surface area (Å²) in [5, 5.41) is 9.62. The molecular weight excluding hydrogens is 400 g/mol. The molecule has 0 spiro atoms. The zero-order chi connectivity index (χ0) is 21.1. The Hall–Kier alpha value is -3.89. The van der Waals surface area contributed by atoms with Gasteiger partial charge < -0.3 is 8.60 Å². The topological polar surface area (TPSA) is 93.2 Å². The minimum atomic E-state index is -4.03. The van der Waals surface area contributed by atoms with E-state index >= 15 is 0 Å². The van der Waals surface area contributed by atoms with Crippen LogP contribution in [0.3, 0.4) is 0 Å². The number of benzene rings is 3. The summed E-state index contributed by atoms with van der Waals surface area (Å²) in [6.45, 7) is 1.87. The third kappa shape index (κ3) is 3.95. The zero-order valence-corrected chi connectivity index (χ0v) is 16.8. The van der Waals surface area contributed by atoms with Crippen LogP contribution < -0.4 is 4.18 Å². The lowest BCUT2D eigenvalue weighted by atomic mass is 10.1. The van der Waals surface area contributed by atoms with Crippen molar-refractivity contribution in [2.75, 3.05) is 0 Å². The number of rotatable bonds is 5. The minimum absolute atomic E-state index is 0.0475. The molecule has 0 amide bonds. The van der Waals surface area contributed by atoms with Crippen molar-refractivity contribution in [1.82, 2.24) is 4.98 Å². The van der Waals surface area contributed by atoms with Crippen molar-refractivity contribution in [3.8, 4) is 11.8 Å². The molecule has 1 aromatic heterocycles. The van der Waals surface area contributed by atoms with E-state index in [2.05, 4.69) is 11.1 Å². The van der Waals surface area contributed by atoms with Crippen LogP contribution in [0.5, 0.6) is 5.75 Å². The van der Waals surface area contributed by atoms with E-state index in [0.29, 0.717) is 16.7 Å². The summed E-state index contributed by atoms with van der Waals surface area (Å²) in [7, 11) is -4.03. The summed E-state index contributed by atoms with van der Waals surface area (Å²) >= 11 is 0. The minimum Gasteiger partial charge on any atom is -0.435 e. The van der Waals surface area contributed by atoms with Crippen molar-refractivity contribution in [3.05, 3.63) is 89.8 Å². The Morgan fingerprint density at radius 1 is 1.03 bits per heavy atom. The highest BCUT2D eigenvalue weighted by atomic mass is 32.2. The largest absolute Gasteiger partial charge is 0.435 e. The normalized spacial score (nSPS) is 11.9. The molecule has 0 saturated carbocycles. The molecule has 0 saturated heterocycles. The quantitative estimate of drug-likeness (QED) is 0.337. The Kier molecular flexibility index (Phi) is 5.09. The average molecular weight is 416 g/mol. The van der Waals surface area contributed by atoms with Gasteiger partial charge in [-0.25, -0.2) is 4.98 Å². The molecule has 7 heteroatoms. The maximum Gasteiger partial charge on any atom is 0.339 e. The number of nitriles is 1. The lowest BCUT2D eigenvalue weighted by molar-refractivity contribution is 0.485. The SMILES string of the molecule is Cc1ccc(S(=O)(=O)Oc2ccccc2/C=C(\C#N)c2nc3ccccc3o2)cc1. The van der Waals surface area contributed by atoms with Gasteiger partial charge in [0.05, 0.1) is 0 Å². The van der Waals surface area contributed by atoms with Gasteiger partial charge in [-0.1, -0.05) is 48.0 Å². The average Bonchev–Trinajstić information content (AvgIpc) is 3.17. The van der Waals surface area contributed by atoms with Crippen LogP contribution in [-0.4, -0.2) is 13.4 Å². The molecule has 0 atom stereocenters. The number of hydrogen-bond donors (Lipinski definition) is 0. The predicted molar refractivity (Wildman–Crippen MR) is 113 cm³/mol. The van der Waals surface area contributed by atoms with Crippen molar-refractivity contribution in [2.45, 2.75) is 11.8 Å². The molecule has 0 radical (unpaired) electrons. The van der Waals surface area contributed by atoms with Crippen LogP contribution in [0.1, 0.15) is 17.0 Å². The molecule has 0 aliphatic heterocycles. The number of nitrogens with zero attached hydrogens (tertiary/aromatic N) is 2. The van der Waals surface area contributed by atoms with Crippen molar-refractivity contribution >= 4 is 32.9 Å². The number of aryl methyl sites for hydroxylation is 1. The van der Waals surface area contributed by atoms with Crippen molar-refractivity contribution in [1.29, 1.82) is 5.26 Å². The monoisotopic (exact) mass is 416 g/mol. The summed E-state index contributed by atoms with van der Waals surface area (Å²) in [6.07, 6.45) is 1.49. The molecule has 0 unspecified atom stereocenters. The number of allylic oxidation sites excluding steroid dienone is 1. The van der Waals surface area contributed by atoms with Crippen LogP contribution in [0.2, 0.25) is 0 Å². The maximum absolute atomic E-state index is 12.7.